The predicted octanol–water partition coefficient (Wildman–Crippen LogP) is 14.3. The van der Waals surface area contributed by atoms with Crippen molar-refractivity contribution in [2.75, 3.05) is 0 Å². The minimum absolute atomic E-state index is 0.354. The van der Waals surface area contributed by atoms with E-state index in [9.17, 15) is 0 Å². The van der Waals surface area contributed by atoms with E-state index in [4.69, 9.17) is 19.4 Å². The summed E-state index contributed by atoms with van der Waals surface area (Å²) in [6.45, 7) is 0. The number of thiophene rings is 1. The van der Waals surface area contributed by atoms with Gasteiger partial charge in [-0.2, -0.15) is 0 Å². The lowest BCUT2D eigenvalue weighted by Crippen LogP contribution is -2.48. The van der Waals surface area contributed by atoms with E-state index < -0.39 is 0 Å². The molecule has 14 rings (SSSR count). The molecule has 0 aliphatic heterocycles. The van der Waals surface area contributed by atoms with Gasteiger partial charge >= 0.3 is 0 Å². The Hall–Kier alpha value is -6.50. The number of aromatic nitrogens is 4. The van der Waals surface area contributed by atoms with Crippen molar-refractivity contribution in [1.29, 1.82) is 0 Å². The Morgan fingerprint density at radius 3 is 1.92 bits per heavy atom. The maximum Gasteiger partial charge on any atom is 0.167 e. The van der Waals surface area contributed by atoms with Gasteiger partial charge in [0, 0.05) is 53.8 Å². The van der Waals surface area contributed by atoms with E-state index in [1.165, 1.54) is 69.8 Å². The maximum absolute atomic E-state index is 6.74. The molecule has 0 spiro atoms. The van der Waals surface area contributed by atoms with E-state index in [-0.39, 0.29) is 0 Å². The molecule has 0 amide bonds. The summed E-state index contributed by atoms with van der Waals surface area (Å²) in [4.78, 5) is 20.5. The molecule has 0 saturated heterocycles. The number of furan rings is 1. The Morgan fingerprint density at radius 1 is 0.483 bits per heavy atom. The molecule has 4 aliphatic rings. The first kappa shape index (κ1) is 34.4. The van der Waals surface area contributed by atoms with Crippen LogP contribution < -0.4 is 0 Å². The van der Waals surface area contributed by atoms with Gasteiger partial charge in [-0.3, -0.25) is 4.98 Å². The van der Waals surface area contributed by atoms with Crippen molar-refractivity contribution >= 4 is 53.4 Å². The van der Waals surface area contributed by atoms with Gasteiger partial charge in [0.05, 0.1) is 11.3 Å². The normalized spacial score (nSPS) is 20.8. The van der Waals surface area contributed by atoms with Crippen LogP contribution in [-0.2, 0) is 5.41 Å². The third-order valence-electron chi connectivity index (χ3n) is 13.9. The summed E-state index contributed by atoms with van der Waals surface area (Å²) in [6, 6.07) is 51.9. The molecule has 4 saturated carbocycles. The Kier molecular flexibility index (Phi) is 7.59. The summed E-state index contributed by atoms with van der Waals surface area (Å²) < 4.78 is 9.25. The highest BCUT2D eigenvalue weighted by molar-refractivity contribution is 7.25. The largest absolute Gasteiger partial charge is 0.455 e. The molecule has 10 aromatic rings. The lowest BCUT2D eigenvalue weighted by Gasteiger charge is -2.57. The van der Waals surface area contributed by atoms with Crippen molar-refractivity contribution in [1.82, 2.24) is 19.9 Å². The van der Waals surface area contributed by atoms with Crippen LogP contribution in [0.5, 0.6) is 0 Å². The third kappa shape index (κ3) is 5.57. The zero-order chi connectivity index (χ0) is 39.4. The molecule has 6 aromatic carbocycles. The summed E-state index contributed by atoms with van der Waals surface area (Å²) >= 11 is 1.81. The third-order valence-corrected chi connectivity index (χ3v) is 15.1. The highest BCUT2D eigenvalue weighted by Crippen LogP contribution is 2.61. The second-order valence-electron chi connectivity index (χ2n) is 17.7. The van der Waals surface area contributed by atoms with Crippen LogP contribution in [0.15, 0.2) is 156 Å². The van der Waals surface area contributed by atoms with E-state index in [2.05, 4.69) is 120 Å². The topological polar surface area (TPSA) is 64.7 Å². The van der Waals surface area contributed by atoms with Crippen LogP contribution in [0, 0.1) is 17.8 Å². The fraction of sp³-hybridized carbons (Fsp3) is 0.185. The summed E-state index contributed by atoms with van der Waals surface area (Å²) in [5.74, 6) is 4.52. The molecule has 4 bridgehead atoms. The van der Waals surface area contributed by atoms with Gasteiger partial charge in [-0.25, -0.2) is 15.0 Å². The van der Waals surface area contributed by atoms with Crippen molar-refractivity contribution in [3.05, 3.63) is 157 Å². The van der Waals surface area contributed by atoms with Crippen LogP contribution in [0.3, 0.4) is 0 Å². The number of benzene rings is 6. The molecule has 0 unspecified atom stereocenters. The standard InChI is InChI=1S/C54H40N4OS/c1-3-13-47-41(10-1)44-27-39(35-15-18-40(19-16-35)54-29-32-22-33(30-54)24-34(23-32)31-54)28-45(50(44)59-47)53-57-51(37-9-7-8-36(25-37)46-12-5-6-21-55-46)56-52(58-53)38-17-20-49-43(26-38)42-11-2-4-14-48(42)60-49/h1-21,25-28,32-34H,22-24,29-31H2. The second-order valence-corrected chi connectivity index (χ2v) is 18.8. The number of hydrogen-bond donors (Lipinski definition) is 0. The number of para-hydroxylation sites is 1. The molecular formula is C54H40N4OS. The highest BCUT2D eigenvalue weighted by Gasteiger charge is 2.51. The SMILES string of the molecule is c1ccc(-c2cccc(-c3nc(-c4ccc5sc6ccccc6c5c4)nc(-c4cc(-c5ccc(C67CC8CC(CC(C8)C6)C7)cc5)cc5c4oc4ccccc45)n3)c2)nc1. The van der Waals surface area contributed by atoms with E-state index in [0.717, 1.165) is 73.2 Å². The van der Waals surface area contributed by atoms with Crippen LogP contribution in [-0.4, -0.2) is 19.9 Å². The molecular weight excluding hydrogens is 753 g/mol. The molecule has 0 N–H and O–H groups in total. The second kappa shape index (κ2) is 13.3. The van der Waals surface area contributed by atoms with E-state index in [1.54, 1.807) is 0 Å². The van der Waals surface area contributed by atoms with Gasteiger partial charge in [-0.15, -0.1) is 11.3 Å². The highest BCUT2D eigenvalue weighted by atomic mass is 32.1. The van der Waals surface area contributed by atoms with Crippen molar-refractivity contribution in [2.24, 2.45) is 17.8 Å². The first-order valence-corrected chi connectivity index (χ1v) is 22.2. The zero-order valence-corrected chi connectivity index (χ0v) is 33.8. The molecule has 4 aromatic heterocycles. The molecule has 4 fully saturated rings. The van der Waals surface area contributed by atoms with Gasteiger partial charge in [0.2, 0.25) is 0 Å². The lowest BCUT2D eigenvalue weighted by atomic mass is 9.48. The van der Waals surface area contributed by atoms with Crippen LogP contribution in [0.4, 0.5) is 0 Å². The van der Waals surface area contributed by atoms with Crippen molar-refractivity contribution in [3.8, 4) is 56.5 Å². The summed E-state index contributed by atoms with van der Waals surface area (Å²) in [5.41, 5.74) is 10.4. The number of rotatable bonds is 6. The molecule has 5 nitrogen and oxygen atoms in total. The monoisotopic (exact) mass is 792 g/mol. The minimum Gasteiger partial charge on any atom is -0.455 e. The Balaban J connectivity index is 1.000. The summed E-state index contributed by atoms with van der Waals surface area (Å²) in [5, 5.41) is 4.57. The van der Waals surface area contributed by atoms with Crippen molar-refractivity contribution in [3.63, 3.8) is 0 Å². The van der Waals surface area contributed by atoms with Crippen LogP contribution in [0.2, 0.25) is 0 Å². The van der Waals surface area contributed by atoms with Gasteiger partial charge in [-0.1, -0.05) is 84.9 Å². The Labute approximate surface area is 351 Å². The fourth-order valence-corrected chi connectivity index (χ4v) is 12.7. The molecule has 0 radical (unpaired) electrons. The van der Waals surface area contributed by atoms with Crippen LogP contribution >= 0.6 is 11.3 Å². The Bertz CT molecular complexity index is 3280. The van der Waals surface area contributed by atoms with Crippen LogP contribution in [0.25, 0.3) is 98.7 Å². The van der Waals surface area contributed by atoms with E-state index >= 15 is 0 Å². The number of nitrogens with zero attached hydrogens (tertiary/aromatic N) is 4. The quantitative estimate of drug-likeness (QED) is 0.168. The Morgan fingerprint density at radius 2 is 1.13 bits per heavy atom. The first-order valence-electron chi connectivity index (χ1n) is 21.4. The average Bonchev–Trinajstić information content (AvgIpc) is 3.87. The molecule has 6 heteroatoms. The smallest absolute Gasteiger partial charge is 0.167 e. The molecule has 0 atom stereocenters. The fourth-order valence-electron chi connectivity index (χ4n) is 11.6. The van der Waals surface area contributed by atoms with Gasteiger partial charge < -0.3 is 4.42 Å². The lowest BCUT2D eigenvalue weighted by molar-refractivity contribution is -0.00518. The number of fused-ring (bicyclic) bond motifs is 6. The molecule has 60 heavy (non-hydrogen) atoms. The maximum atomic E-state index is 6.74. The first-order chi connectivity index (χ1) is 29.6. The zero-order valence-electron chi connectivity index (χ0n) is 33.0. The van der Waals surface area contributed by atoms with E-state index in [0.29, 0.717) is 22.9 Å². The van der Waals surface area contributed by atoms with Gasteiger partial charge in [0.15, 0.2) is 17.5 Å². The van der Waals surface area contributed by atoms with Gasteiger partial charge in [0.25, 0.3) is 0 Å². The van der Waals surface area contributed by atoms with Crippen molar-refractivity contribution < 1.29 is 4.42 Å². The van der Waals surface area contributed by atoms with Gasteiger partial charge in [0.1, 0.15) is 11.2 Å². The van der Waals surface area contributed by atoms with E-state index in [1.807, 2.05) is 47.9 Å². The molecule has 4 aliphatic carbocycles. The summed E-state index contributed by atoms with van der Waals surface area (Å²) in [7, 11) is 0. The number of hydrogen-bond acceptors (Lipinski definition) is 6. The predicted molar refractivity (Wildman–Crippen MR) is 245 cm³/mol. The average molecular weight is 793 g/mol. The summed E-state index contributed by atoms with van der Waals surface area (Å²) in [6.07, 6.45) is 10.3. The molecule has 288 valence electrons. The van der Waals surface area contributed by atoms with Gasteiger partial charge in [-0.05, 0) is 139 Å². The van der Waals surface area contributed by atoms with Crippen LogP contribution in [0.1, 0.15) is 44.1 Å². The number of pyridine rings is 1. The minimum atomic E-state index is 0.354. The molecule has 4 heterocycles. The van der Waals surface area contributed by atoms with Crippen molar-refractivity contribution in [2.45, 2.75) is 43.9 Å².